The number of fused-ring (bicyclic) bond motifs is 1. The number of carbonyl (C=O) groups excluding carboxylic acids is 1. The van der Waals surface area contributed by atoms with Gasteiger partial charge in [-0.2, -0.15) is 4.98 Å². The standard InChI is InChI=1S/C18H21N5O4/c24-15(23-12-5-2-1-4-11(12)10-13(23)18(25)26)7-6-14-21-17(22-27-14)16-19-8-3-9-20-16/h3,8-9,11-13H,1-2,4-7,10H2,(H,25,26). The van der Waals surface area contributed by atoms with Crippen molar-refractivity contribution in [2.24, 2.45) is 5.92 Å². The number of aromatic nitrogens is 4. The van der Waals surface area contributed by atoms with Crippen LogP contribution >= 0.6 is 0 Å². The lowest BCUT2D eigenvalue weighted by atomic mass is 9.84. The molecule has 2 fully saturated rings. The lowest BCUT2D eigenvalue weighted by Gasteiger charge is -2.33. The number of hydrogen-bond acceptors (Lipinski definition) is 7. The number of amides is 1. The van der Waals surface area contributed by atoms with Gasteiger partial charge in [0.25, 0.3) is 0 Å². The first-order chi connectivity index (χ1) is 13.1. The quantitative estimate of drug-likeness (QED) is 0.842. The Balaban J connectivity index is 1.42. The zero-order valence-corrected chi connectivity index (χ0v) is 14.8. The Morgan fingerprint density at radius 2 is 1.96 bits per heavy atom. The Morgan fingerprint density at radius 1 is 1.19 bits per heavy atom. The third-order valence-electron chi connectivity index (χ3n) is 5.45. The van der Waals surface area contributed by atoms with Gasteiger partial charge in [0.15, 0.2) is 0 Å². The molecule has 1 saturated carbocycles. The van der Waals surface area contributed by atoms with Crippen molar-refractivity contribution in [3.8, 4) is 11.6 Å². The molecule has 0 radical (unpaired) electrons. The molecule has 142 valence electrons. The second-order valence-electron chi connectivity index (χ2n) is 7.09. The minimum atomic E-state index is -0.918. The van der Waals surface area contributed by atoms with Crippen LogP contribution in [-0.4, -0.2) is 54.1 Å². The highest BCUT2D eigenvalue weighted by Crippen LogP contribution is 2.40. The number of carboxylic acid groups (broad SMARTS) is 1. The zero-order chi connectivity index (χ0) is 18.8. The maximum Gasteiger partial charge on any atom is 0.326 e. The molecular weight excluding hydrogens is 350 g/mol. The van der Waals surface area contributed by atoms with Crippen LogP contribution in [-0.2, 0) is 16.0 Å². The van der Waals surface area contributed by atoms with Crippen molar-refractivity contribution in [2.45, 2.75) is 57.0 Å². The van der Waals surface area contributed by atoms with Gasteiger partial charge in [0, 0.05) is 31.3 Å². The topological polar surface area (TPSA) is 122 Å². The van der Waals surface area contributed by atoms with E-state index in [-0.39, 0.29) is 30.6 Å². The normalized spacial score (nSPS) is 24.6. The van der Waals surface area contributed by atoms with Crippen LogP contribution in [0.15, 0.2) is 23.0 Å². The van der Waals surface area contributed by atoms with Crippen molar-refractivity contribution >= 4 is 11.9 Å². The van der Waals surface area contributed by atoms with Crippen molar-refractivity contribution in [2.75, 3.05) is 0 Å². The van der Waals surface area contributed by atoms with Crippen LogP contribution in [0.1, 0.15) is 44.4 Å². The van der Waals surface area contributed by atoms with Crippen molar-refractivity contribution < 1.29 is 19.2 Å². The summed E-state index contributed by atoms with van der Waals surface area (Å²) in [6, 6.07) is 1.02. The third-order valence-corrected chi connectivity index (χ3v) is 5.45. The van der Waals surface area contributed by atoms with Gasteiger partial charge in [0.2, 0.25) is 23.4 Å². The molecule has 0 spiro atoms. The number of rotatable bonds is 5. The molecule has 1 saturated heterocycles. The number of aryl methyl sites for hydroxylation is 1. The first-order valence-electron chi connectivity index (χ1n) is 9.27. The number of aliphatic carboxylic acids is 1. The summed E-state index contributed by atoms with van der Waals surface area (Å²) in [4.78, 5) is 38.4. The van der Waals surface area contributed by atoms with Gasteiger partial charge in [-0.1, -0.05) is 18.0 Å². The Labute approximate surface area is 155 Å². The molecule has 2 aromatic heterocycles. The molecule has 3 unspecified atom stereocenters. The highest BCUT2D eigenvalue weighted by Gasteiger charge is 2.47. The maximum atomic E-state index is 12.8. The van der Waals surface area contributed by atoms with E-state index in [2.05, 4.69) is 20.1 Å². The van der Waals surface area contributed by atoms with Gasteiger partial charge in [0.1, 0.15) is 6.04 Å². The lowest BCUT2D eigenvalue weighted by Crippen LogP contribution is -2.46. The second-order valence-corrected chi connectivity index (χ2v) is 7.09. The molecule has 27 heavy (non-hydrogen) atoms. The van der Waals surface area contributed by atoms with E-state index in [0.717, 1.165) is 25.7 Å². The van der Waals surface area contributed by atoms with Gasteiger partial charge in [-0.05, 0) is 31.2 Å². The third kappa shape index (κ3) is 3.54. The molecule has 1 N–H and O–H groups in total. The fraction of sp³-hybridized carbons (Fsp3) is 0.556. The summed E-state index contributed by atoms with van der Waals surface area (Å²) in [5, 5.41) is 13.4. The summed E-state index contributed by atoms with van der Waals surface area (Å²) in [5.41, 5.74) is 0. The van der Waals surface area contributed by atoms with E-state index in [1.807, 2.05) is 0 Å². The number of hydrogen-bond donors (Lipinski definition) is 1. The minimum absolute atomic E-state index is 0.0447. The highest BCUT2D eigenvalue weighted by molar-refractivity contribution is 5.84. The van der Waals surface area contributed by atoms with Crippen LogP contribution < -0.4 is 0 Å². The van der Waals surface area contributed by atoms with Gasteiger partial charge < -0.3 is 14.5 Å². The first kappa shape index (κ1) is 17.6. The Bertz CT molecular complexity index is 824. The number of carboxylic acids is 1. The van der Waals surface area contributed by atoms with Crippen LogP contribution in [0.5, 0.6) is 0 Å². The SMILES string of the molecule is O=C(O)C1CC2CCCCC2N1C(=O)CCc1nc(-c2ncccn2)no1. The Hall–Kier alpha value is -2.84. The highest BCUT2D eigenvalue weighted by atomic mass is 16.5. The summed E-state index contributed by atoms with van der Waals surface area (Å²) >= 11 is 0. The number of nitrogens with zero attached hydrogens (tertiary/aromatic N) is 5. The molecular formula is C18H21N5O4. The van der Waals surface area contributed by atoms with E-state index < -0.39 is 12.0 Å². The molecule has 3 atom stereocenters. The molecule has 2 aromatic rings. The maximum absolute atomic E-state index is 12.8. The average molecular weight is 371 g/mol. The van der Waals surface area contributed by atoms with E-state index in [1.54, 1.807) is 23.4 Å². The van der Waals surface area contributed by atoms with E-state index in [0.29, 0.717) is 24.1 Å². The lowest BCUT2D eigenvalue weighted by molar-refractivity contribution is -0.149. The predicted octanol–water partition coefficient (Wildman–Crippen LogP) is 1.70. The van der Waals surface area contributed by atoms with Gasteiger partial charge >= 0.3 is 5.97 Å². The van der Waals surface area contributed by atoms with Gasteiger partial charge in [0.05, 0.1) is 0 Å². The fourth-order valence-electron chi connectivity index (χ4n) is 4.24. The summed E-state index contributed by atoms with van der Waals surface area (Å²) in [6.07, 6.45) is 8.18. The van der Waals surface area contributed by atoms with Crippen molar-refractivity contribution in [1.82, 2.24) is 25.0 Å². The van der Waals surface area contributed by atoms with Crippen LogP contribution in [0.25, 0.3) is 11.6 Å². The molecule has 1 amide bonds. The van der Waals surface area contributed by atoms with Crippen molar-refractivity contribution in [1.29, 1.82) is 0 Å². The molecule has 3 heterocycles. The summed E-state index contributed by atoms with van der Waals surface area (Å²) in [7, 11) is 0. The second kappa shape index (κ2) is 7.42. The van der Waals surface area contributed by atoms with Crippen LogP contribution in [0.2, 0.25) is 0 Å². The minimum Gasteiger partial charge on any atom is -0.480 e. The molecule has 2 aliphatic rings. The van der Waals surface area contributed by atoms with Gasteiger partial charge in [-0.15, -0.1) is 0 Å². The molecule has 1 aliphatic heterocycles. The van der Waals surface area contributed by atoms with E-state index >= 15 is 0 Å². The number of carbonyl (C=O) groups is 2. The summed E-state index contributed by atoms with van der Waals surface area (Å²) < 4.78 is 5.18. The van der Waals surface area contributed by atoms with E-state index in [4.69, 9.17) is 4.52 Å². The summed E-state index contributed by atoms with van der Waals surface area (Å²) in [6.45, 7) is 0. The monoisotopic (exact) mass is 371 g/mol. The van der Waals surface area contributed by atoms with E-state index in [9.17, 15) is 14.7 Å². The van der Waals surface area contributed by atoms with Crippen molar-refractivity contribution in [3.05, 3.63) is 24.4 Å². The van der Waals surface area contributed by atoms with Crippen LogP contribution in [0.3, 0.4) is 0 Å². The van der Waals surface area contributed by atoms with Gasteiger partial charge in [-0.25, -0.2) is 14.8 Å². The molecule has 9 nitrogen and oxygen atoms in total. The molecule has 9 heteroatoms. The van der Waals surface area contributed by atoms with Crippen LogP contribution in [0.4, 0.5) is 0 Å². The fourth-order valence-corrected chi connectivity index (χ4v) is 4.24. The van der Waals surface area contributed by atoms with Crippen molar-refractivity contribution in [3.63, 3.8) is 0 Å². The average Bonchev–Trinajstić information content (AvgIpc) is 3.32. The molecule has 4 rings (SSSR count). The molecule has 1 aliphatic carbocycles. The van der Waals surface area contributed by atoms with Gasteiger partial charge in [-0.3, -0.25) is 4.79 Å². The Morgan fingerprint density at radius 3 is 2.74 bits per heavy atom. The zero-order valence-electron chi connectivity index (χ0n) is 14.8. The smallest absolute Gasteiger partial charge is 0.326 e. The first-order valence-corrected chi connectivity index (χ1v) is 9.27. The molecule has 0 bridgehead atoms. The predicted molar refractivity (Wildman–Crippen MR) is 92.3 cm³/mol. The van der Waals surface area contributed by atoms with Crippen LogP contribution in [0, 0.1) is 5.92 Å². The Kier molecular flexibility index (Phi) is 4.83. The molecule has 0 aromatic carbocycles. The number of likely N-dealkylation sites (tertiary alicyclic amines) is 1. The summed E-state index contributed by atoms with van der Waals surface area (Å²) in [5.74, 6) is 0.169. The largest absolute Gasteiger partial charge is 0.480 e. The van der Waals surface area contributed by atoms with E-state index in [1.165, 1.54) is 0 Å².